The average molecular weight is 189 g/mol. The van der Waals surface area contributed by atoms with Gasteiger partial charge in [0.2, 0.25) is 0 Å². The van der Waals surface area contributed by atoms with E-state index in [2.05, 4.69) is 5.10 Å². The van der Waals surface area contributed by atoms with Gasteiger partial charge in [-0.25, -0.2) is 8.42 Å². The van der Waals surface area contributed by atoms with Gasteiger partial charge in [0.25, 0.3) is 0 Å². The van der Waals surface area contributed by atoms with Crippen molar-refractivity contribution in [1.82, 2.24) is 9.78 Å². The quantitative estimate of drug-likeness (QED) is 0.666. The summed E-state index contributed by atoms with van der Waals surface area (Å²) in [5, 5.41) is 3.91. The molecule has 0 amide bonds. The molecule has 0 saturated heterocycles. The highest BCUT2D eigenvalue weighted by Gasteiger charge is 2.15. The fraction of sp³-hybridized carbons (Fsp3) is 0.500. The second kappa shape index (κ2) is 2.87. The Bertz CT molecular complexity index is 379. The maximum absolute atomic E-state index is 11.1. The lowest BCUT2D eigenvalue weighted by Crippen LogP contribution is -2.04. The van der Waals surface area contributed by atoms with Gasteiger partial charge in [0.05, 0.1) is 5.69 Å². The van der Waals surface area contributed by atoms with Crippen molar-refractivity contribution < 1.29 is 8.42 Å². The molecular formula is C6H11N3O2S. The molecular weight excluding hydrogens is 178 g/mol. The second-order valence-electron chi connectivity index (χ2n) is 2.59. The van der Waals surface area contributed by atoms with Crippen LogP contribution in [0.25, 0.3) is 0 Å². The normalized spacial score (nSPS) is 11.9. The highest BCUT2D eigenvalue weighted by molar-refractivity contribution is 7.90. The topological polar surface area (TPSA) is 78.0 Å². The summed E-state index contributed by atoms with van der Waals surface area (Å²) in [6.45, 7) is 0.142. The summed E-state index contributed by atoms with van der Waals surface area (Å²) < 4.78 is 23.7. The van der Waals surface area contributed by atoms with E-state index in [9.17, 15) is 8.42 Å². The molecule has 12 heavy (non-hydrogen) atoms. The third-order valence-electron chi connectivity index (χ3n) is 1.46. The lowest BCUT2D eigenvalue weighted by molar-refractivity contribution is 0.600. The minimum Gasteiger partial charge on any atom is -0.325 e. The van der Waals surface area contributed by atoms with Gasteiger partial charge in [-0.2, -0.15) is 5.10 Å². The Balaban J connectivity index is 3.33. The molecule has 0 aliphatic heterocycles. The zero-order chi connectivity index (χ0) is 9.35. The molecule has 0 aromatic carbocycles. The fourth-order valence-electron chi connectivity index (χ4n) is 0.964. The number of rotatable bonds is 2. The van der Waals surface area contributed by atoms with E-state index in [0.29, 0.717) is 5.69 Å². The summed E-state index contributed by atoms with van der Waals surface area (Å²) in [5.74, 6) is 0. The van der Waals surface area contributed by atoms with Crippen LogP contribution in [-0.4, -0.2) is 24.5 Å². The van der Waals surface area contributed by atoms with Gasteiger partial charge >= 0.3 is 0 Å². The molecule has 0 saturated carbocycles. The SMILES string of the molecule is Cn1cc(S(C)(=O)=O)c(CN)n1. The van der Waals surface area contributed by atoms with Crippen LogP contribution >= 0.6 is 0 Å². The lowest BCUT2D eigenvalue weighted by atomic mass is 10.4. The number of aryl methyl sites for hydroxylation is 1. The van der Waals surface area contributed by atoms with Crippen LogP contribution in [0.15, 0.2) is 11.1 Å². The standard InChI is InChI=1S/C6H11N3O2S/c1-9-4-6(12(2,10)11)5(3-7)8-9/h4H,3,7H2,1-2H3. The molecule has 0 aliphatic carbocycles. The van der Waals surface area contributed by atoms with Crippen molar-refractivity contribution in [2.75, 3.05) is 6.26 Å². The van der Waals surface area contributed by atoms with E-state index >= 15 is 0 Å². The summed E-state index contributed by atoms with van der Waals surface area (Å²) in [6, 6.07) is 0. The average Bonchev–Trinajstić information content (AvgIpc) is 2.29. The maximum Gasteiger partial charge on any atom is 0.178 e. The molecule has 2 N–H and O–H groups in total. The monoisotopic (exact) mass is 189 g/mol. The van der Waals surface area contributed by atoms with E-state index in [4.69, 9.17) is 5.73 Å². The summed E-state index contributed by atoms with van der Waals surface area (Å²) in [7, 11) is -1.53. The van der Waals surface area contributed by atoms with Gasteiger partial charge in [-0.15, -0.1) is 0 Å². The predicted octanol–water partition coefficient (Wildman–Crippen LogP) is -0.718. The van der Waals surface area contributed by atoms with Gasteiger partial charge in [-0.1, -0.05) is 0 Å². The van der Waals surface area contributed by atoms with Crippen molar-refractivity contribution in [2.45, 2.75) is 11.4 Å². The van der Waals surface area contributed by atoms with Crippen LogP contribution in [0, 0.1) is 0 Å². The number of aromatic nitrogens is 2. The van der Waals surface area contributed by atoms with E-state index in [-0.39, 0.29) is 11.4 Å². The summed E-state index contributed by atoms with van der Waals surface area (Å²) in [6.07, 6.45) is 2.60. The molecule has 5 nitrogen and oxygen atoms in total. The first-order valence-corrected chi connectivity index (χ1v) is 5.27. The van der Waals surface area contributed by atoms with Crippen molar-refractivity contribution in [1.29, 1.82) is 0 Å². The Morgan fingerprint density at radius 3 is 2.58 bits per heavy atom. The van der Waals surface area contributed by atoms with Gasteiger partial charge in [0.1, 0.15) is 4.90 Å². The van der Waals surface area contributed by atoms with Crippen LogP contribution in [0.2, 0.25) is 0 Å². The van der Waals surface area contributed by atoms with Crippen molar-refractivity contribution in [3.63, 3.8) is 0 Å². The van der Waals surface area contributed by atoms with Gasteiger partial charge < -0.3 is 5.73 Å². The number of hydrogen-bond acceptors (Lipinski definition) is 4. The largest absolute Gasteiger partial charge is 0.325 e. The summed E-state index contributed by atoms with van der Waals surface area (Å²) in [5.41, 5.74) is 5.74. The smallest absolute Gasteiger partial charge is 0.178 e. The fourth-order valence-corrected chi connectivity index (χ4v) is 1.86. The van der Waals surface area contributed by atoms with Gasteiger partial charge in [-0.3, -0.25) is 4.68 Å². The Hall–Kier alpha value is -0.880. The van der Waals surface area contributed by atoms with E-state index < -0.39 is 9.84 Å². The molecule has 0 aliphatic rings. The van der Waals surface area contributed by atoms with E-state index in [1.807, 2.05) is 0 Å². The molecule has 68 valence electrons. The number of nitrogens with zero attached hydrogens (tertiary/aromatic N) is 2. The van der Waals surface area contributed by atoms with Crippen LogP contribution in [-0.2, 0) is 23.4 Å². The molecule has 0 fully saturated rings. The van der Waals surface area contributed by atoms with Crippen LogP contribution in [0.4, 0.5) is 0 Å². The van der Waals surface area contributed by atoms with Gasteiger partial charge in [0.15, 0.2) is 9.84 Å². The molecule has 1 aromatic heterocycles. The molecule has 1 aromatic rings. The van der Waals surface area contributed by atoms with Gasteiger partial charge in [0, 0.05) is 26.0 Å². The molecule has 0 bridgehead atoms. The van der Waals surface area contributed by atoms with Crippen molar-refractivity contribution in [3.05, 3.63) is 11.9 Å². The van der Waals surface area contributed by atoms with E-state index in [0.717, 1.165) is 6.26 Å². The third kappa shape index (κ3) is 1.64. The second-order valence-corrected chi connectivity index (χ2v) is 4.57. The summed E-state index contributed by atoms with van der Waals surface area (Å²) >= 11 is 0. The van der Waals surface area contributed by atoms with Crippen LogP contribution in [0.5, 0.6) is 0 Å². The highest BCUT2D eigenvalue weighted by atomic mass is 32.2. The number of hydrogen-bond donors (Lipinski definition) is 1. The molecule has 0 radical (unpaired) electrons. The van der Waals surface area contributed by atoms with Gasteiger partial charge in [-0.05, 0) is 0 Å². The predicted molar refractivity (Wildman–Crippen MR) is 44.2 cm³/mol. The number of nitrogens with two attached hydrogens (primary N) is 1. The minimum absolute atomic E-state index is 0.142. The van der Waals surface area contributed by atoms with E-state index in [1.165, 1.54) is 10.9 Å². The first kappa shape index (κ1) is 9.21. The first-order chi connectivity index (χ1) is 5.45. The molecule has 0 spiro atoms. The zero-order valence-corrected chi connectivity index (χ0v) is 7.80. The third-order valence-corrected chi connectivity index (χ3v) is 2.60. The Morgan fingerprint density at radius 1 is 1.67 bits per heavy atom. The van der Waals surface area contributed by atoms with Crippen molar-refractivity contribution >= 4 is 9.84 Å². The van der Waals surface area contributed by atoms with Crippen LogP contribution < -0.4 is 5.73 Å². The maximum atomic E-state index is 11.1. The molecule has 1 rings (SSSR count). The summed E-state index contributed by atoms with van der Waals surface area (Å²) in [4.78, 5) is 0.215. The Morgan fingerprint density at radius 2 is 2.25 bits per heavy atom. The first-order valence-electron chi connectivity index (χ1n) is 3.38. The molecule has 0 unspecified atom stereocenters. The molecule has 0 atom stereocenters. The molecule has 1 heterocycles. The van der Waals surface area contributed by atoms with Crippen LogP contribution in [0.3, 0.4) is 0 Å². The minimum atomic E-state index is -3.19. The molecule has 6 heteroatoms. The van der Waals surface area contributed by atoms with Crippen molar-refractivity contribution in [2.24, 2.45) is 12.8 Å². The van der Waals surface area contributed by atoms with E-state index in [1.54, 1.807) is 7.05 Å². The Labute approximate surface area is 71.1 Å². The number of sulfone groups is 1. The Kier molecular flexibility index (Phi) is 2.20. The van der Waals surface area contributed by atoms with Crippen molar-refractivity contribution in [3.8, 4) is 0 Å². The highest BCUT2D eigenvalue weighted by Crippen LogP contribution is 2.12. The lowest BCUT2D eigenvalue weighted by Gasteiger charge is -1.93. The zero-order valence-electron chi connectivity index (χ0n) is 6.98. The van der Waals surface area contributed by atoms with Crippen LogP contribution in [0.1, 0.15) is 5.69 Å².